The average molecular weight is 1050 g/mol. The fourth-order valence-corrected chi connectivity index (χ4v) is 13.0. The molecule has 10 nitrogen and oxygen atoms in total. The van der Waals surface area contributed by atoms with Gasteiger partial charge in [-0.05, 0) is 150 Å². The maximum Gasteiger partial charge on any atom is 0.494 e. The average Bonchev–Trinajstić information content (AvgIpc) is 3.73. The van der Waals surface area contributed by atoms with Gasteiger partial charge in [-0.15, -0.1) is 0 Å². The van der Waals surface area contributed by atoms with Crippen molar-refractivity contribution in [2.24, 2.45) is 23.2 Å². The second-order valence-electron chi connectivity index (χ2n) is 21.8. The largest absolute Gasteiger partial charge is 0.616 e. The third kappa shape index (κ3) is 14.3. The van der Waals surface area contributed by atoms with E-state index in [2.05, 4.69) is 58.1 Å². The lowest BCUT2D eigenvalue weighted by atomic mass is 9.51. The van der Waals surface area contributed by atoms with Gasteiger partial charge in [-0.25, -0.2) is 4.79 Å². The number of alkyl halides is 8. The van der Waals surface area contributed by atoms with E-state index in [9.17, 15) is 49.3 Å². The SMILES string of the molecule is CC(=O)O[C@H]1CC[C@H]2[C@@H]3[C@H](CCCCCCCCC[S+]([O-])CCCC(F)(F)C(F)(F)F)Cc4cc(B5OC(C)(C)C(C)(C)O5)ccc4[C@H]3CC[C@]12C.O=C(O)Nc1ccc(N2CCOC(C(F)(F)F)C2)cc1. The Morgan fingerprint density at radius 3 is 2.10 bits per heavy atom. The van der Waals surface area contributed by atoms with Gasteiger partial charge in [-0.1, -0.05) is 68.4 Å². The molecular formula is C52H73BF8N2O8S. The standard InChI is InChI=1S/C40H60BF5O5S.C12H13F3N2O3/c1-27(47)49-34-19-18-33-35-28(15-12-10-8-7-9-11-13-23-52(48)24-14-21-39(42,43)40(44,45)46)25-29-26-30(41-50-36(2,3)37(4,5)51-41)16-17-31(29)32(35)20-22-38(33,34)6;13-12(14,15)10-7-17(5-6-20-10)9-3-1-8(2-4-9)16-11(18)19/h16-17,26,28,32-35H,7-15,18-25H2,1-6H3;1-4,10,16H,5-7H2,(H,18,19)/t28-,32-,33+,34+,35-,38+,52?;/m1./s1. The van der Waals surface area contributed by atoms with Crippen molar-refractivity contribution in [3.8, 4) is 0 Å². The summed E-state index contributed by atoms with van der Waals surface area (Å²) in [6, 6.07) is 13.0. The van der Waals surface area contributed by atoms with Gasteiger partial charge in [0.2, 0.25) is 0 Å². The van der Waals surface area contributed by atoms with Crippen molar-refractivity contribution in [1.82, 2.24) is 0 Å². The molecule has 0 bridgehead atoms. The number of amides is 1. The Labute approximate surface area is 422 Å². The van der Waals surface area contributed by atoms with Crippen LogP contribution in [0.1, 0.15) is 148 Å². The van der Waals surface area contributed by atoms with E-state index in [1.54, 1.807) is 17.0 Å². The van der Waals surface area contributed by atoms with Crippen molar-refractivity contribution >= 4 is 47.2 Å². The number of nitrogens with one attached hydrogen (secondary N) is 1. The maximum atomic E-state index is 13.1. The highest BCUT2D eigenvalue weighted by atomic mass is 32.2. The summed E-state index contributed by atoms with van der Waals surface area (Å²) in [5.41, 5.74) is 4.13. The van der Waals surface area contributed by atoms with E-state index in [1.807, 2.05) is 0 Å². The Kier molecular flexibility index (Phi) is 19.1. The molecule has 8 atom stereocenters. The Morgan fingerprint density at radius 2 is 1.49 bits per heavy atom. The molecule has 2 saturated carbocycles. The van der Waals surface area contributed by atoms with Crippen molar-refractivity contribution in [1.29, 1.82) is 0 Å². The molecule has 0 aromatic heterocycles. The number of carbonyl (C=O) groups excluding carboxylic acids is 1. The van der Waals surface area contributed by atoms with Crippen molar-refractivity contribution in [3.63, 3.8) is 0 Å². The summed E-state index contributed by atoms with van der Waals surface area (Å²) in [4.78, 5) is 24.1. The molecule has 72 heavy (non-hydrogen) atoms. The Balaban J connectivity index is 0.000000352. The first-order valence-electron chi connectivity index (χ1n) is 25.6. The zero-order chi connectivity index (χ0) is 52.9. The lowest BCUT2D eigenvalue weighted by Gasteiger charge is -2.53. The summed E-state index contributed by atoms with van der Waals surface area (Å²) in [6.07, 6.45) is -1.29. The fourth-order valence-electron chi connectivity index (χ4n) is 11.8. The number of morpholine rings is 1. The van der Waals surface area contributed by atoms with Crippen LogP contribution in [0.15, 0.2) is 42.5 Å². The highest BCUT2D eigenvalue weighted by molar-refractivity contribution is 7.91. The van der Waals surface area contributed by atoms with E-state index in [4.69, 9.17) is 23.9 Å². The molecule has 2 unspecified atom stereocenters. The molecule has 5 aliphatic rings. The first kappa shape index (κ1) is 57.9. The molecule has 7 rings (SSSR count). The van der Waals surface area contributed by atoms with Crippen LogP contribution in [-0.4, -0.2) is 102 Å². The van der Waals surface area contributed by atoms with E-state index in [0.717, 1.165) is 82.5 Å². The van der Waals surface area contributed by atoms with E-state index in [0.29, 0.717) is 53.8 Å². The number of fused-ring (bicyclic) bond motifs is 5. The second kappa shape index (κ2) is 23.7. The van der Waals surface area contributed by atoms with Gasteiger partial charge in [0.25, 0.3) is 0 Å². The summed E-state index contributed by atoms with van der Waals surface area (Å²) in [5.74, 6) is -2.59. The summed E-state index contributed by atoms with van der Waals surface area (Å²) >= 11 is -1.37. The van der Waals surface area contributed by atoms with Gasteiger partial charge in [0, 0.05) is 36.7 Å². The molecule has 2 saturated heterocycles. The van der Waals surface area contributed by atoms with Crippen LogP contribution in [0, 0.1) is 23.2 Å². The molecule has 2 aliphatic heterocycles. The van der Waals surface area contributed by atoms with E-state index < -0.39 is 72.8 Å². The third-order valence-corrected chi connectivity index (χ3v) is 17.8. The molecule has 404 valence electrons. The lowest BCUT2D eigenvalue weighted by molar-refractivity contribution is -0.284. The molecule has 0 radical (unpaired) electrons. The summed E-state index contributed by atoms with van der Waals surface area (Å²) in [5, 5.41) is 10.7. The number of benzene rings is 2. The van der Waals surface area contributed by atoms with Gasteiger partial charge in [-0.2, -0.15) is 35.1 Å². The van der Waals surface area contributed by atoms with E-state index in [1.165, 1.54) is 30.2 Å². The van der Waals surface area contributed by atoms with Crippen LogP contribution in [0.5, 0.6) is 0 Å². The minimum absolute atomic E-state index is 0.000690. The lowest BCUT2D eigenvalue weighted by Crippen LogP contribution is -2.49. The minimum Gasteiger partial charge on any atom is -0.616 e. The number of ether oxygens (including phenoxy) is 2. The highest BCUT2D eigenvalue weighted by Crippen LogP contribution is 2.63. The third-order valence-electron chi connectivity index (χ3n) is 16.3. The summed E-state index contributed by atoms with van der Waals surface area (Å²) in [7, 11) is -0.392. The van der Waals surface area contributed by atoms with Crippen molar-refractivity contribution in [2.45, 2.75) is 185 Å². The quantitative estimate of drug-likeness (QED) is 0.0493. The molecular weight excluding hydrogens is 975 g/mol. The van der Waals surface area contributed by atoms with Crippen LogP contribution in [-0.2, 0) is 41.2 Å². The molecule has 1 amide bonds. The number of nitrogens with zero attached hydrogens (tertiary/aromatic N) is 1. The number of anilines is 2. The summed E-state index contributed by atoms with van der Waals surface area (Å²) < 4.78 is 137. The number of unbranched alkanes of at least 4 members (excludes halogenated alkanes) is 6. The van der Waals surface area contributed by atoms with Gasteiger partial charge >= 0.3 is 37.5 Å². The molecule has 3 aliphatic carbocycles. The van der Waals surface area contributed by atoms with Crippen molar-refractivity contribution in [2.75, 3.05) is 41.4 Å². The normalized spacial score (nSPS) is 27.2. The van der Waals surface area contributed by atoms with Gasteiger partial charge < -0.3 is 33.3 Å². The number of esters is 1. The van der Waals surface area contributed by atoms with Crippen LogP contribution < -0.4 is 15.7 Å². The van der Waals surface area contributed by atoms with Gasteiger partial charge in [0.15, 0.2) is 6.10 Å². The molecule has 4 fully saturated rings. The number of carboxylic acid groups (broad SMARTS) is 1. The predicted octanol–water partition coefficient (Wildman–Crippen LogP) is 12.4. The highest BCUT2D eigenvalue weighted by Gasteiger charge is 2.59. The van der Waals surface area contributed by atoms with Crippen LogP contribution in [0.4, 0.5) is 51.3 Å². The Hall–Kier alpha value is -3.33. The monoisotopic (exact) mass is 1050 g/mol. The number of hydrogen-bond acceptors (Lipinski definition) is 8. The number of carbonyl (C=O) groups is 2. The first-order valence-corrected chi connectivity index (χ1v) is 27.1. The van der Waals surface area contributed by atoms with Crippen LogP contribution in [0.25, 0.3) is 0 Å². The smallest absolute Gasteiger partial charge is 0.494 e. The molecule has 20 heteroatoms. The summed E-state index contributed by atoms with van der Waals surface area (Å²) in [6.45, 7) is 12.3. The maximum absolute atomic E-state index is 13.1. The van der Waals surface area contributed by atoms with Crippen LogP contribution in [0.3, 0.4) is 0 Å². The van der Waals surface area contributed by atoms with Gasteiger partial charge in [0.05, 0.1) is 24.4 Å². The molecule has 2 N–H and O–H groups in total. The molecule has 0 spiro atoms. The van der Waals surface area contributed by atoms with Crippen LogP contribution in [0.2, 0.25) is 0 Å². The number of hydrogen-bond donors (Lipinski definition) is 2. The molecule has 2 aromatic rings. The van der Waals surface area contributed by atoms with Gasteiger partial charge in [-0.3, -0.25) is 10.1 Å². The Morgan fingerprint density at radius 1 is 0.861 bits per heavy atom. The molecule has 2 heterocycles. The van der Waals surface area contributed by atoms with Crippen LogP contribution >= 0.6 is 0 Å². The zero-order valence-electron chi connectivity index (χ0n) is 42.4. The van der Waals surface area contributed by atoms with Gasteiger partial charge in [0.1, 0.15) is 17.6 Å². The second-order valence-corrected chi connectivity index (χ2v) is 23.5. The topological polar surface area (TPSA) is 130 Å². The molecule has 2 aromatic carbocycles. The number of halogens is 8. The van der Waals surface area contributed by atoms with E-state index >= 15 is 0 Å². The first-order chi connectivity index (χ1) is 33.6. The van der Waals surface area contributed by atoms with Crippen molar-refractivity contribution in [3.05, 3.63) is 53.6 Å². The fraction of sp³-hybridized carbons (Fsp3) is 0.731. The zero-order valence-corrected chi connectivity index (χ0v) is 43.2. The van der Waals surface area contributed by atoms with Crippen molar-refractivity contribution < 1.29 is 73.2 Å². The minimum atomic E-state index is -5.55. The Bertz CT molecular complexity index is 2100. The van der Waals surface area contributed by atoms with E-state index in [-0.39, 0.29) is 36.4 Å². The number of rotatable bonds is 18. The predicted molar refractivity (Wildman–Crippen MR) is 262 cm³/mol.